The maximum atomic E-state index is 15.1. The van der Waals surface area contributed by atoms with Crippen LogP contribution in [0.5, 0.6) is 0 Å². The van der Waals surface area contributed by atoms with E-state index in [4.69, 9.17) is 0 Å². The second-order valence-corrected chi connectivity index (χ2v) is 8.60. The number of rotatable bonds is 3. The maximum absolute atomic E-state index is 15.1. The van der Waals surface area contributed by atoms with Crippen LogP contribution < -0.4 is 0 Å². The third-order valence-corrected chi connectivity index (χ3v) is 6.43. The quantitative estimate of drug-likeness (QED) is 0.184. The number of halogens is 6. The number of hydrogen-bond donors (Lipinski definition) is 0. The largest absolute Gasteiger partial charge is 0.207 e. The summed E-state index contributed by atoms with van der Waals surface area (Å²) in [5.41, 5.74) is 0.774. The molecule has 0 amide bonds. The van der Waals surface area contributed by atoms with E-state index in [0.717, 1.165) is 0 Å². The first kappa shape index (κ1) is 22.3. The summed E-state index contributed by atoms with van der Waals surface area (Å²) in [4.78, 5) is 0. The van der Waals surface area contributed by atoms with Crippen LogP contribution in [-0.4, -0.2) is 0 Å². The summed E-state index contributed by atoms with van der Waals surface area (Å²) in [7, 11) is 0. The summed E-state index contributed by atoms with van der Waals surface area (Å²) < 4.78 is 87.2. The van der Waals surface area contributed by atoms with Gasteiger partial charge in [0.25, 0.3) is 0 Å². The van der Waals surface area contributed by atoms with Gasteiger partial charge in [-0.2, -0.15) is 0 Å². The Morgan fingerprint density at radius 3 is 1.91 bits per heavy atom. The van der Waals surface area contributed by atoms with Gasteiger partial charge in [0.05, 0.1) is 0 Å². The standard InChI is InChI=1S/C28H18F6/c1-13-9-16-6-7-17-11-18(26(32)28(34)23(17)22(16)27(33)24(13)30)5-3-15-4-8-20-19(10-15)12-21(29)14(2)25(20)31/h4,6-12H,3,5H2,1-2H3. The first-order chi connectivity index (χ1) is 16.2. The Morgan fingerprint density at radius 1 is 0.559 bits per heavy atom. The topological polar surface area (TPSA) is 0 Å². The molecule has 34 heavy (non-hydrogen) atoms. The predicted octanol–water partition coefficient (Wildman–Crippen LogP) is 8.38. The van der Waals surface area contributed by atoms with Crippen molar-refractivity contribution in [2.24, 2.45) is 0 Å². The second kappa shape index (κ2) is 8.05. The minimum absolute atomic E-state index is 0.0621. The molecule has 5 rings (SSSR count). The van der Waals surface area contributed by atoms with Crippen molar-refractivity contribution in [3.05, 3.63) is 106 Å². The van der Waals surface area contributed by atoms with E-state index in [9.17, 15) is 22.0 Å². The zero-order chi connectivity index (χ0) is 24.3. The Kier molecular flexibility index (Phi) is 5.27. The van der Waals surface area contributed by atoms with Crippen LogP contribution in [0.3, 0.4) is 0 Å². The van der Waals surface area contributed by atoms with Crippen molar-refractivity contribution in [1.82, 2.24) is 0 Å². The molecule has 0 radical (unpaired) electrons. The van der Waals surface area contributed by atoms with Gasteiger partial charge in [-0.15, -0.1) is 0 Å². The molecule has 0 N–H and O–H groups in total. The lowest BCUT2D eigenvalue weighted by molar-refractivity contribution is 0.503. The lowest BCUT2D eigenvalue weighted by atomic mass is 9.94. The third kappa shape index (κ3) is 3.40. The Hall–Kier alpha value is -3.54. The molecule has 0 bridgehead atoms. The first-order valence-corrected chi connectivity index (χ1v) is 10.7. The Labute approximate surface area is 191 Å². The molecular weight excluding hydrogens is 450 g/mol. The molecule has 6 heteroatoms. The van der Waals surface area contributed by atoms with Crippen LogP contribution >= 0.6 is 0 Å². The predicted molar refractivity (Wildman–Crippen MR) is 122 cm³/mol. The molecule has 0 unspecified atom stereocenters. The van der Waals surface area contributed by atoms with Crippen LogP contribution in [0.4, 0.5) is 26.3 Å². The molecule has 0 aromatic heterocycles. The summed E-state index contributed by atoms with van der Waals surface area (Å²) in [6.45, 7) is 2.76. The van der Waals surface area contributed by atoms with E-state index in [1.807, 2.05) is 0 Å². The molecular formula is C28H18F6. The summed E-state index contributed by atoms with van der Waals surface area (Å²) >= 11 is 0. The summed E-state index contributed by atoms with van der Waals surface area (Å²) in [5.74, 6) is -5.96. The SMILES string of the molecule is Cc1cc2ccc3cc(CCc4ccc5c(F)c(C)c(F)cc5c4)c(F)c(F)c3c2c(F)c1F. The van der Waals surface area contributed by atoms with Gasteiger partial charge in [-0.1, -0.05) is 30.3 Å². The molecule has 0 saturated carbocycles. The monoisotopic (exact) mass is 468 g/mol. The van der Waals surface area contributed by atoms with Crippen molar-refractivity contribution in [1.29, 1.82) is 0 Å². The lowest BCUT2D eigenvalue weighted by Crippen LogP contribution is -2.01. The molecule has 172 valence electrons. The molecule has 0 spiro atoms. The Bertz CT molecular complexity index is 1630. The molecule has 0 nitrogen and oxygen atoms in total. The molecule has 0 aliphatic rings. The fourth-order valence-corrected chi connectivity index (χ4v) is 4.53. The molecule has 0 aliphatic heterocycles. The molecule has 0 aliphatic carbocycles. The minimum Gasteiger partial charge on any atom is -0.207 e. The first-order valence-electron chi connectivity index (χ1n) is 10.7. The van der Waals surface area contributed by atoms with Gasteiger partial charge in [-0.05, 0) is 77.7 Å². The van der Waals surface area contributed by atoms with Crippen molar-refractivity contribution >= 4 is 32.3 Å². The molecule has 0 atom stereocenters. The summed E-state index contributed by atoms with van der Waals surface area (Å²) in [6.07, 6.45) is 0.383. The van der Waals surface area contributed by atoms with Gasteiger partial charge in [0, 0.05) is 21.7 Å². The van der Waals surface area contributed by atoms with Crippen molar-refractivity contribution < 1.29 is 26.3 Å². The van der Waals surface area contributed by atoms with Gasteiger partial charge in [-0.25, -0.2) is 26.3 Å². The van der Waals surface area contributed by atoms with Crippen molar-refractivity contribution in [2.45, 2.75) is 26.7 Å². The average Bonchev–Trinajstić information content (AvgIpc) is 2.82. The Balaban J connectivity index is 1.55. The summed E-state index contributed by atoms with van der Waals surface area (Å²) in [5, 5.41) is 0.589. The number of benzene rings is 5. The van der Waals surface area contributed by atoms with Gasteiger partial charge in [0.1, 0.15) is 11.6 Å². The fourth-order valence-electron chi connectivity index (χ4n) is 4.53. The molecule has 5 aromatic carbocycles. The van der Waals surface area contributed by atoms with E-state index in [2.05, 4.69) is 0 Å². The zero-order valence-corrected chi connectivity index (χ0v) is 18.3. The smallest absolute Gasteiger partial charge is 0.167 e. The van der Waals surface area contributed by atoms with E-state index in [1.54, 1.807) is 24.3 Å². The van der Waals surface area contributed by atoms with Crippen molar-refractivity contribution in [2.75, 3.05) is 0 Å². The Morgan fingerprint density at radius 2 is 1.21 bits per heavy atom. The van der Waals surface area contributed by atoms with Crippen LogP contribution in [0, 0.1) is 48.8 Å². The van der Waals surface area contributed by atoms with Gasteiger partial charge in [0.2, 0.25) is 0 Å². The van der Waals surface area contributed by atoms with Crippen LogP contribution in [0.15, 0.2) is 48.5 Å². The minimum atomic E-state index is -1.24. The lowest BCUT2D eigenvalue weighted by Gasteiger charge is -2.12. The highest BCUT2D eigenvalue weighted by atomic mass is 19.2. The highest BCUT2D eigenvalue weighted by molar-refractivity contribution is 6.08. The van der Waals surface area contributed by atoms with Crippen molar-refractivity contribution in [3.8, 4) is 0 Å². The average molecular weight is 468 g/mol. The van der Waals surface area contributed by atoms with Crippen LogP contribution in [0.25, 0.3) is 32.3 Å². The molecule has 5 aromatic rings. The fraction of sp³-hybridized carbons (Fsp3) is 0.143. The number of fused-ring (bicyclic) bond motifs is 4. The normalized spacial score (nSPS) is 11.8. The maximum Gasteiger partial charge on any atom is 0.167 e. The van der Waals surface area contributed by atoms with Gasteiger partial charge >= 0.3 is 0 Å². The van der Waals surface area contributed by atoms with E-state index in [0.29, 0.717) is 10.9 Å². The number of hydrogen-bond acceptors (Lipinski definition) is 0. The van der Waals surface area contributed by atoms with Gasteiger partial charge in [0.15, 0.2) is 23.3 Å². The molecule has 0 fully saturated rings. The third-order valence-electron chi connectivity index (χ3n) is 6.43. The van der Waals surface area contributed by atoms with Crippen LogP contribution in [-0.2, 0) is 12.8 Å². The van der Waals surface area contributed by atoms with Gasteiger partial charge < -0.3 is 0 Å². The van der Waals surface area contributed by atoms with Gasteiger partial charge in [-0.3, -0.25) is 0 Å². The van der Waals surface area contributed by atoms with Crippen LogP contribution in [0.1, 0.15) is 22.3 Å². The highest BCUT2D eigenvalue weighted by Crippen LogP contribution is 2.35. The van der Waals surface area contributed by atoms with Crippen LogP contribution in [0.2, 0.25) is 0 Å². The number of aryl methyl sites for hydroxylation is 3. The molecule has 0 saturated heterocycles. The highest BCUT2D eigenvalue weighted by Gasteiger charge is 2.20. The van der Waals surface area contributed by atoms with E-state index in [1.165, 1.54) is 38.1 Å². The van der Waals surface area contributed by atoms with Crippen molar-refractivity contribution in [3.63, 3.8) is 0 Å². The summed E-state index contributed by atoms with van der Waals surface area (Å²) in [6, 6.07) is 12.0. The van der Waals surface area contributed by atoms with E-state index < -0.39 is 34.9 Å². The van der Waals surface area contributed by atoms with E-state index in [-0.39, 0.29) is 56.5 Å². The zero-order valence-electron chi connectivity index (χ0n) is 18.3. The molecule has 0 heterocycles. The van der Waals surface area contributed by atoms with E-state index >= 15 is 4.39 Å². The second-order valence-electron chi connectivity index (χ2n) is 8.60.